The summed E-state index contributed by atoms with van der Waals surface area (Å²) in [7, 11) is 0. The smallest absolute Gasteiger partial charge is 0.234 e. The highest BCUT2D eigenvalue weighted by Gasteiger charge is 2.32. The number of pyridine rings is 1. The molecule has 0 radical (unpaired) electrons. The summed E-state index contributed by atoms with van der Waals surface area (Å²) >= 11 is 1.34. The average molecular weight is 408 g/mol. The van der Waals surface area contributed by atoms with Gasteiger partial charge in [0.05, 0.1) is 11.3 Å². The zero-order chi connectivity index (χ0) is 21.0. The second-order valence-electron chi connectivity index (χ2n) is 8.54. The van der Waals surface area contributed by atoms with E-state index in [1.165, 1.54) is 17.3 Å². The molecule has 0 aliphatic heterocycles. The molecule has 1 amide bonds. The number of fused-ring (bicyclic) bond motifs is 1. The molecule has 0 saturated carbocycles. The van der Waals surface area contributed by atoms with Crippen LogP contribution < -0.4 is 5.32 Å². The summed E-state index contributed by atoms with van der Waals surface area (Å²) in [5, 5.41) is 13.2. The van der Waals surface area contributed by atoms with Crippen molar-refractivity contribution >= 4 is 23.4 Å². The Morgan fingerprint density at radius 3 is 2.72 bits per heavy atom. The molecule has 1 N–H and O–H groups in total. The van der Waals surface area contributed by atoms with E-state index in [1.54, 1.807) is 0 Å². The van der Waals surface area contributed by atoms with Gasteiger partial charge in [0.1, 0.15) is 11.1 Å². The minimum absolute atomic E-state index is 0.0907. The van der Waals surface area contributed by atoms with Gasteiger partial charge in [-0.25, -0.2) is 4.98 Å². The normalized spacial score (nSPS) is 16.0. The van der Waals surface area contributed by atoms with Crippen molar-refractivity contribution in [1.29, 1.82) is 5.26 Å². The minimum Gasteiger partial charge on any atom is -0.325 e. The number of hydrogen-bond acceptors (Lipinski definition) is 4. The predicted octanol–water partition coefficient (Wildman–Crippen LogP) is 5.53. The van der Waals surface area contributed by atoms with Gasteiger partial charge in [-0.3, -0.25) is 4.79 Å². The quantitative estimate of drug-likeness (QED) is 0.639. The fraction of sp³-hybridized carbons (Fsp3) is 0.458. The van der Waals surface area contributed by atoms with E-state index in [1.807, 2.05) is 37.3 Å². The van der Waals surface area contributed by atoms with Gasteiger partial charge in [0.25, 0.3) is 0 Å². The van der Waals surface area contributed by atoms with Gasteiger partial charge in [-0.15, -0.1) is 0 Å². The molecule has 0 bridgehead atoms. The number of anilines is 1. The Morgan fingerprint density at radius 1 is 1.34 bits per heavy atom. The lowest BCUT2D eigenvalue weighted by molar-refractivity contribution is -0.113. The van der Waals surface area contributed by atoms with Crippen LogP contribution in [0.15, 0.2) is 35.4 Å². The van der Waals surface area contributed by atoms with E-state index in [4.69, 9.17) is 4.98 Å². The first kappa shape index (κ1) is 21.4. The summed E-state index contributed by atoms with van der Waals surface area (Å²) < 4.78 is 0. The van der Waals surface area contributed by atoms with Crippen LogP contribution in [0.4, 0.5) is 5.69 Å². The fourth-order valence-corrected chi connectivity index (χ4v) is 4.53. The number of carbonyl (C=O) groups excluding carboxylic acids is 1. The third kappa shape index (κ3) is 5.19. The largest absolute Gasteiger partial charge is 0.325 e. The minimum atomic E-state index is -0.0907. The van der Waals surface area contributed by atoms with E-state index >= 15 is 0 Å². The van der Waals surface area contributed by atoms with E-state index < -0.39 is 0 Å². The van der Waals surface area contributed by atoms with E-state index in [-0.39, 0.29) is 11.7 Å². The molecule has 1 atom stereocenters. The van der Waals surface area contributed by atoms with Gasteiger partial charge in [0, 0.05) is 11.4 Å². The average Bonchev–Trinajstić information content (AvgIpc) is 2.72. The van der Waals surface area contributed by atoms with Crippen molar-refractivity contribution in [3.8, 4) is 6.07 Å². The monoisotopic (exact) mass is 407 g/mol. The third-order valence-corrected chi connectivity index (χ3v) is 7.16. The zero-order valence-corrected chi connectivity index (χ0v) is 18.5. The molecule has 1 aromatic carbocycles. The van der Waals surface area contributed by atoms with Crippen LogP contribution in [0.5, 0.6) is 0 Å². The summed E-state index contributed by atoms with van der Waals surface area (Å²) in [6.45, 7) is 8.92. The van der Waals surface area contributed by atoms with Crippen molar-refractivity contribution in [2.24, 2.45) is 11.3 Å². The molecule has 1 aliphatic carbocycles. The number of nitriles is 1. The highest BCUT2D eigenvalue weighted by Crippen LogP contribution is 2.40. The molecule has 152 valence electrons. The van der Waals surface area contributed by atoms with E-state index in [0.29, 0.717) is 21.9 Å². The molecule has 0 saturated heterocycles. The SMILES string of the molecule is CCC(C)(C)C1CCc2nc(SCC(=O)Nc3ccc(C)cc3)c(C#N)cc2C1. The Bertz CT molecular complexity index is 928. The maximum atomic E-state index is 12.3. The van der Waals surface area contributed by atoms with Crippen LogP contribution in [-0.4, -0.2) is 16.6 Å². The van der Waals surface area contributed by atoms with Crippen LogP contribution in [-0.2, 0) is 17.6 Å². The second-order valence-corrected chi connectivity index (χ2v) is 9.51. The summed E-state index contributed by atoms with van der Waals surface area (Å²) in [6, 6.07) is 12.0. The molecular weight excluding hydrogens is 378 g/mol. The standard InChI is InChI=1S/C24H29N3OS/c1-5-24(3,4)19-8-11-21-17(13-19)12-18(14-25)23(27-21)29-15-22(28)26-20-9-6-16(2)7-10-20/h6-7,9-10,12,19H,5,8,11,13,15H2,1-4H3,(H,26,28). The lowest BCUT2D eigenvalue weighted by Gasteiger charge is -2.37. The van der Waals surface area contributed by atoms with Crippen LogP contribution >= 0.6 is 11.8 Å². The number of nitrogens with one attached hydrogen (secondary N) is 1. The van der Waals surface area contributed by atoms with Crippen LogP contribution in [0, 0.1) is 29.6 Å². The van der Waals surface area contributed by atoms with Crippen LogP contribution in [0.25, 0.3) is 0 Å². The second kappa shape index (κ2) is 9.00. The summed E-state index contributed by atoms with van der Waals surface area (Å²) in [5.74, 6) is 0.763. The maximum absolute atomic E-state index is 12.3. The van der Waals surface area contributed by atoms with Crippen molar-refractivity contribution in [3.63, 3.8) is 0 Å². The highest BCUT2D eigenvalue weighted by molar-refractivity contribution is 8.00. The van der Waals surface area contributed by atoms with Gasteiger partial charge in [-0.2, -0.15) is 5.26 Å². The van der Waals surface area contributed by atoms with E-state index in [0.717, 1.165) is 42.6 Å². The maximum Gasteiger partial charge on any atom is 0.234 e. The first-order valence-corrected chi connectivity index (χ1v) is 11.2. The summed E-state index contributed by atoms with van der Waals surface area (Å²) in [4.78, 5) is 17.1. The Labute approximate surface area is 178 Å². The zero-order valence-electron chi connectivity index (χ0n) is 17.7. The number of carbonyl (C=O) groups is 1. The Morgan fingerprint density at radius 2 is 2.07 bits per heavy atom. The van der Waals surface area contributed by atoms with Gasteiger partial charge in [0.2, 0.25) is 5.91 Å². The summed E-state index contributed by atoms with van der Waals surface area (Å²) in [5.41, 5.74) is 5.10. The molecular formula is C24H29N3OS. The van der Waals surface area contributed by atoms with Crippen LogP contribution in [0.2, 0.25) is 0 Å². The molecule has 1 unspecified atom stereocenters. The first-order chi connectivity index (χ1) is 13.8. The topological polar surface area (TPSA) is 65.8 Å². The van der Waals surface area contributed by atoms with Gasteiger partial charge in [-0.1, -0.05) is 56.7 Å². The molecule has 1 aromatic heterocycles. The molecule has 3 rings (SSSR count). The third-order valence-electron chi connectivity index (χ3n) is 6.16. The van der Waals surface area contributed by atoms with Gasteiger partial charge >= 0.3 is 0 Å². The predicted molar refractivity (Wildman–Crippen MR) is 119 cm³/mol. The molecule has 1 aliphatic rings. The Balaban J connectivity index is 1.68. The van der Waals surface area contributed by atoms with E-state index in [9.17, 15) is 10.1 Å². The van der Waals surface area contributed by atoms with Crippen molar-refractivity contribution < 1.29 is 4.79 Å². The first-order valence-electron chi connectivity index (χ1n) is 10.2. The summed E-state index contributed by atoms with van der Waals surface area (Å²) in [6.07, 6.45) is 4.20. The molecule has 1 heterocycles. The molecule has 4 nitrogen and oxygen atoms in total. The van der Waals surface area contributed by atoms with Gasteiger partial charge in [0.15, 0.2) is 0 Å². The number of rotatable bonds is 6. The lowest BCUT2D eigenvalue weighted by Crippen LogP contribution is -2.29. The number of hydrogen-bond donors (Lipinski definition) is 1. The number of amides is 1. The van der Waals surface area contributed by atoms with Crippen LogP contribution in [0.3, 0.4) is 0 Å². The highest BCUT2D eigenvalue weighted by atomic mass is 32.2. The Kier molecular flexibility index (Phi) is 6.64. The van der Waals surface area contributed by atoms with Crippen molar-refractivity contribution in [2.75, 3.05) is 11.1 Å². The van der Waals surface area contributed by atoms with Gasteiger partial charge in [-0.05, 0) is 61.3 Å². The van der Waals surface area contributed by atoms with Crippen molar-refractivity contribution in [2.45, 2.75) is 58.4 Å². The van der Waals surface area contributed by atoms with E-state index in [2.05, 4.69) is 32.2 Å². The van der Waals surface area contributed by atoms with Crippen molar-refractivity contribution in [1.82, 2.24) is 4.98 Å². The Hall–Kier alpha value is -2.32. The molecule has 0 spiro atoms. The number of benzene rings is 1. The van der Waals surface area contributed by atoms with Gasteiger partial charge < -0.3 is 5.32 Å². The lowest BCUT2D eigenvalue weighted by atomic mass is 9.69. The molecule has 29 heavy (non-hydrogen) atoms. The molecule has 2 aromatic rings. The van der Waals surface area contributed by atoms with Crippen LogP contribution in [0.1, 0.15) is 56.0 Å². The fourth-order valence-electron chi connectivity index (χ4n) is 3.76. The van der Waals surface area contributed by atoms with Crippen molar-refractivity contribution in [3.05, 3.63) is 52.7 Å². The number of aryl methyl sites for hydroxylation is 2. The molecule has 5 heteroatoms. The number of nitrogens with zero attached hydrogens (tertiary/aromatic N) is 2. The molecule has 0 fully saturated rings. The number of aromatic nitrogens is 1. The number of thioether (sulfide) groups is 1.